The molecule has 2 aromatic rings. The molecule has 1 N–H and O–H groups in total. The molecule has 0 aliphatic heterocycles. The van der Waals surface area contributed by atoms with Crippen molar-refractivity contribution < 1.29 is 19.1 Å². The largest absolute Gasteiger partial charge is 0.494 e. The minimum Gasteiger partial charge on any atom is -0.494 e. The number of benzene rings is 1. The zero-order valence-corrected chi connectivity index (χ0v) is 17.1. The van der Waals surface area contributed by atoms with E-state index in [9.17, 15) is 9.59 Å². The van der Waals surface area contributed by atoms with Crippen molar-refractivity contribution in [3.05, 3.63) is 47.9 Å². The predicted octanol–water partition coefficient (Wildman–Crippen LogP) is 4.85. The number of esters is 1. The van der Waals surface area contributed by atoms with Crippen molar-refractivity contribution in [2.75, 3.05) is 30.0 Å². The highest BCUT2D eigenvalue weighted by Gasteiger charge is 2.22. The van der Waals surface area contributed by atoms with Gasteiger partial charge in [-0.15, -0.1) is 29.7 Å². The van der Waals surface area contributed by atoms with Crippen molar-refractivity contribution in [1.29, 1.82) is 0 Å². The molecule has 0 radical (unpaired) electrons. The maximum atomic E-state index is 12.5. The number of thiophene rings is 1. The van der Waals surface area contributed by atoms with E-state index >= 15 is 0 Å². The van der Waals surface area contributed by atoms with Gasteiger partial charge >= 0.3 is 5.97 Å². The molecule has 0 unspecified atom stereocenters. The summed E-state index contributed by atoms with van der Waals surface area (Å²) in [6.45, 7) is 8.17. The Hall–Kier alpha value is -2.25. The number of carbonyl (C=O) groups is 2. The molecule has 0 aliphatic carbocycles. The Labute approximate surface area is 167 Å². The fourth-order valence-electron chi connectivity index (χ4n) is 2.36. The normalized spacial score (nSPS) is 10.3. The van der Waals surface area contributed by atoms with Crippen LogP contribution in [0.4, 0.5) is 5.00 Å². The van der Waals surface area contributed by atoms with E-state index in [-0.39, 0.29) is 12.5 Å². The average Bonchev–Trinajstić information content (AvgIpc) is 3.06. The van der Waals surface area contributed by atoms with Crippen LogP contribution in [0.15, 0.2) is 42.3 Å². The van der Waals surface area contributed by atoms with Gasteiger partial charge in [0.25, 0.3) is 0 Å². The second kappa shape index (κ2) is 10.8. The first-order valence-corrected chi connectivity index (χ1v) is 10.6. The number of hydrogen-bond donors (Lipinski definition) is 1. The fraction of sp³-hybridized carbons (Fsp3) is 0.300. The van der Waals surface area contributed by atoms with Gasteiger partial charge in [-0.25, -0.2) is 4.79 Å². The van der Waals surface area contributed by atoms with Crippen molar-refractivity contribution in [1.82, 2.24) is 0 Å². The summed E-state index contributed by atoms with van der Waals surface area (Å²) in [4.78, 5) is 24.7. The quantitative estimate of drug-likeness (QED) is 0.348. The van der Waals surface area contributed by atoms with Crippen LogP contribution in [0, 0.1) is 0 Å². The van der Waals surface area contributed by atoms with Crippen LogP contribution in [0.5, 0.6) is 5.75 Å². The van der Waals surface area contributed by atoms with E-state index in [0.717, 1.165) is 16.9 Å². The molecule has 1 aromatic heterocycles. The Morgan fingerprint density at radius 2 is 1.96 bits per heavy atom. The molecule has 0 fully saturated rings. The van der Waals surface area contributed by atoms with Crippen LogP contribution in [0.1, 0.15) is 24.2 Å². The number of carbonyl (C=O) groups excluding carboxylic acids is 2. The molecule has 0 saturated carbocycles. The van der Waals surface area contributed by atoms with Crippen LogP contribution in [0.2, 0.25) is 0 Å². The number of nitrogens with one attached hydrogen (secondary N) is 1. The van der Waals surface area contributed by atoms with E-state index in [1.54, 1.807) is 13.0 Å². The van der Waals surface area contributed by atoms with Gasteiger partial charge in [-0.3, -0.25) is 4.79 Å². The van der Waals surface area contributed by atoms with Gasteiger partial charge in [0, 0.05) is 16.7 Å². The minimum atomic E-state index is -0.448. The van der Waals surface area contributed by atoms with Crippen molar-refractivity contribution >= 4 is 40.0 Å². The number of thioether (sulfide) groups is 1. The molecule has 0 aliphatic rings. The van der Waals surface area contributed by atoms with Crippen molar-refractivity contribution in [2.24, 2.45) is 0 Å². The van der Waals surface area contributed by atoms with E-state index in [2.05, 4.69) is 11.9 Å². The predicted molar refractivity (Wildman–Crippen MR) is 113 cm³/mol. The number of amides is 1. The first-order valence-electron chi connectivity index (χ1n) is 8.61. The molecule has 1 aromatic carbocycles. The standard InChI is InChI=1S/C20H23NO4S2/c1-4-11-26-13-17(22)21-19-18(20(23)25-6-3)16(12-27-19)14-7-9-15(10-8-14)24-5-2/h4,7-10,12H,1,5-6,11,13H2,2-3H3,(H,21,22). The Bertz CT molecular complexity index is 784. The van der Waals surface area contributed by atoms with E-state index in [1.165, 1.54) is 23.1 Å². The molecule has 27 heavy (non-hydrogen) atoms. The Morgan fingerprint density at radius 1 is 1.22 bits per heavy atom. The van der Waals surface area contributed by atoms with Gasteiger partial charge in [0.15, 0.2) is 0 Å². The lowest BCUT2D eigenvalue weighted by Crippen LogP contribution is -2.16. The van der Waals surface area contributed by atoms with Gasteiger partial charge in [0.1, 0.15) is 16.3 Å². The van der Waals surface area contributed by atoms with Crippen molar-refractivity contribution in [3.63, 3.8) is 0 Å². The molecule has 1 amide bonds. The topological polar surface area (TPSA) is 64.6 Å². The maximum absolute atomic E-state index is 12.5. The lowest BCUT2D eigenvalue weighted by molar-refractivity contribution is -0.113. The SMILES string of the molecule is C=CCSCC(=O)Nc1scc(-c2ccc(OCC)cc2)c1C(=O)OCC. The van der Waals surface area contributed by atoms with Crippen LogP contribution in [-0.2, 0) is 9.53 Å². The third-order valence-electron chi connectivity index (χ3n) is 3.47. The van der Waals surface area contributed by atoms with Crippen LogP contribution in [-0.4, -0.2) is 36.6 Å². The molecule has 0 bridgehead atoms. The summed E-state index contributed by atoms with van der Waals surface area (Å²) < 4.78 is 10.7. The molecule has 0 atom stereocenters. The number of hydrogen-bond acceptors (Lipinski definition) is 6. The van der Waals surface area contributed by atoms with Crippen LogP contribution < -0.4 is 10.1 Å². The molecule has 0 saturated heterocycles. The van der Waals surface area contributed by atoms with E-state index in [4.69, 9.17) is 9.47 Å². The monoisotopic (exact) mass is 405 g/mol. The van der Waals surface area contributed by atoms with Crippen LogP contribution >= 0.6 is 23.1 Å². The van der Waals surface area contributed by atoms with Crippen LogP contribution in [0.3, 0.4) is 0 Å². The molecule has 5 nitrogen and oxygen atoms in total. The van der Waals surface area contributed by atoms with Gasteiger partial charge in [-0.2, -0.15) is 0 Å². The Kier molecular flexibility index (Phi) is 8.42. The summed E-state index contributed by atoms with van der Waals surface area (Å²) in [5, 5.41) is 5.19. The first-order chi connectivity index (χ1) is 13.1. The van der Waals surface area contributed by atoms with E-state index < -0.39 is 5.97 Å². The third-order valence-corrected chi connectivity index (χ3v) is 5.30. The molecular formula is C20H23NO4S2. The summed E-state index contributed by atoms with van der Waals surface area (Å²) in [6, 6.07) is 7.49. The lowest BCUT2D eigenvalue weighted by atomic mass is 10.0. The molecule has 2 rings (SSSR count). The molecule has 144 valence electrons. The highest BCUT2D eigenvalue weighted by Crippen LogP contribution is 2.37. The summed E-state index contributed by atoms with van der Waals surface area (Å²) >= 11 is 2.77. The van der Waals surface area contributed by atoms with Gasteiger partial charge < -0.3 is 14.8 Å². The van der Waals surface area contributed by atoms with Gasteiger partial charge in [0.2, 0.25) is 5.91 Å². The average molecular weight is 406 g/mol. The second-order valence-corrected chi connectivity index (χ2v) is 7.29. The van der Waals surface area contributed by atoms with Gasteiger partial charge in [-0.1, -0.05) is 18.2 Å². The van der Waals surface area contributed by atoms with Gasteiger partial charge in [-0.05, 0) is 31.5 Å². The zero-order valence-electron chi connectivity index (χ0n) is 15.4. The van der Waals surface area contributed by atoms with Gasteiger partial charge in [0.05, 0.1) is 19.0 Å². The molecule has 0 spiro atoms. The maximum Gasteiger partial charge on any atom is 0.341 e. The Morgan fingerprint density at radius 3 is 2.59 bits per heavy atom. The molecule has 1 heterocycles. The summed E-state index contributed by atoms with van der Waals surface area (Å²) in [5.74, 6) is 1.15. The number of ether oxygens (including phenoxy) is 2. The highest BCUT2D eigenvalue weighted by atomic mass is 32.2. The lowest BCUT2D eigenvalue weighted by Gasteiger charge is -2.09. The van der Waals surface area contributed by atoms with Crippen LogP contribution in [0.25, 0.3) is 11.1 Å². The van der Waals surface area contributed by atoms with Crippen molar-refractivity contribution in [3.8, 4) is 16.9 Å². The second-order valence-electron chi connectivity index (χ2n) is 5.38. The number of anilines is 1. The summed E-state index contributed by atoms with van der Waals surface area (Å²) in [6.07, 6.45) is 1.75. The Balaban J connectivity index is 2.29. The smallest absolute Gasteiger partial charge is 0.341 e. The summed E-state index contributed by atoms with van der Waals surface area (Å²) in [7, 11) is 0. The first kappa shape index (κ1) is 21.1. The fourth-order valence-corrected chi connectivity index (χ4v) is 3.88. The highest BCUT2D eigenvalue weighted by molar-refractivity contribution is 8.00. The molecule has 7 heteroatoms. The summed E-state index contributed by atoms with van der Waals surface area (Å²) in [5.41, 5.74) is 1.97. The van der Waals surface area contributed by atoms with E-state index in [1.807, 2.05) is 36.6 Å². The van der Waals surface area contributed by atoms with Crippen molar-refractivity contribution in [2.45, 2.75) is 13.8 Å². The third kappa shape index (κ3) is 5.87. The minimum absolute atomic E-state index is 0.160. The molecular weight excluding hydrogens is 382 g/mol. The number of rotatable bonds is 10. The van der Waals surface area contributed by atoms with E-state index in [0.29, 0.717) is 28.7 Å². The zero-order chi connectivity index (χ0) is 19.6.